The number of unbranched alkanes of at least 4 members (excludes halogenated alkanes) is 25. The summed E-state index contributed by atoms with van der Waals surface area (Å²) >= 11 is 0. The molecule has 0 spiro atoms. The Hall–Kier alpha value is -1.47. The van der Waals surface area contributed by atoms with Crippen LogP contribution in [0, 0.1) is 0 Å². The van der Waals surface area contributed by atoms with Crippen LogP contribution in [-0.4, -0.2) is 43.8 Å². The number of amides is 1. The molecule has 0 saturated heterocycles. The van der Waals surface area contributed by atoms with Gasteiger partial charge < -0.3 is 10.1 Å². The fraction of sp³-hybridized carbons (Fsp3) is 0.870. The van der Waals surface area contributed by atoms with Crippen LogP contribution in [-0.2, 0) is 32.5 Å². The van der Waals surface area contributed by atoms with Crippen LogP contribution in [0.2, 0.25) is 0 Å². The van der Waals surface area contributed by atoms with E-state index < -0.39 is 20.0 Å². The topological polar surface area (TPSA) is 100 Å². The van der Waals surface area contributed by atoms with Gasteiger partial charge in [-0.3, -0.25) is 23.2 Å². The van der Waals surface area contributed by atoms with Crippen molar-refractivity contribution < 1.29 is 32.5 Å². The van der Waals surface area contributed by atoms with Crippen molar-refractivity contribution in [3.05, 3.63) is 24.8 Å². The van der Waals surface area contributed by atoms with E-state index in [1.165, 1.54) is 128 Å². The Balaban J connectivity index is 5.55. The second-order valence-corrected chi connectivity index (χ2v) is 17.2. The summed E-state index contributed by atoms with van der Waals surface area (Å²) in [5.41, 5.74) is 0. The molecule has 55 heavy (non-hydrogen) atoms. The third kappa shape index (κ3) is 35.4. The first kappa shape index (κ1) is 53.5. The number of ether oxygens (including phenoxy) is 1. The van der Waals surface area contributed by atoms with Crippen molar-refractivity contribution >= 4 is 19.7 Å². The summed E-state index contributed by atoms with van der Waals surface area (Å²) in [5, 5.41) is 3.08. The minimum atomic E-state index is -3.95. The Labute approximate surface area is 340 Å². The smallest absolute Gasteiger partial charge is 0.456 e. The Kier molecular flexibility index (Phi) is 39.6. The zero-order valence-corrected chi connectivity index (χ0v) is 37.3. The molecule has 0 aliphatic carbocycles. The van der Waals surface area contributed by atoms with E-state index in [0.29, 0.717) is 19.3 Å². The lowest BCUT2D eigenvalue weighted by Crippen LogP contribution is -2.47. The number of carbonyl (C=O) groups excluding carboxylic acids is 2. The third-order valence-electron chi connectivity index (χ3n) is 10.0. The van der Waals surface area contributed by atoms with Gasteiger partial charge in [0.1, 0.15) is 6.10 Å². The van der Waals surface area contributed by atoms with Gasteiger partial charge in [0.2, 0.25) is 5.91 Å². The molecular weight excluding hydrogens is 709 g/mol. The lowest BCUT2D eigenvalue weighted by molar-refractivity contribution is -0.149. The van der Waals surface area contributed by atoms with Gasteiger partial charge in [-0.2, -0.15) is 0 Å². The summed E-state index contributed by atoms with van der Waals surface area (Å²) in [6, 6.07) is -0.761. The first-order valence-corrected chi connectivity index (χ1v) is 24.6. The molecule has 0 aliphatic rings. The summed E-state index contributed by atoms with van der Waals surface area (Å²) in [5.74, 6) is -0.437. The monoisotopic (exact) mass is 798 g/mol. The molecule has 3 atom stereocenters. The van der Waals surface area contributed by atoms with Crippen LogP contribution >= 0.6 is 7.82 Å². The fourth-order valence-electron chi connectivity index (χ4n) is 6.57. The van der Waals surface area contributed by atoms with Gasteiger partial charge in [0.15, 0.2) is 0 Å². The summed E-state index contributed by atoms with van der Waals surface area (Å²) in [6.45, 7) is 12.3. The highest BCUT2D eigenvalue weighted by molar-refractivity contribution is 7.48. The molecule has 0 rings (SSSR count). The van der Waals surface area contributed by atoms with E-state index in [0.717, 1.165) is 57.8 Å². The highest BCUT2D eigenvalue weighted by Crippen LogP contribution is 2.49. The first-order chi connectivity index (χ1) is 26.9. The van der Waals surface area contributed by atoms with Crippen LogP contribution in [0.5, 0.6) is 0 Å². The molecule has 8 nitrogen and oxygen atoms in total. The normalized spacial score (nSPS) is 13.8. The largest absolute Gasteiger partial charge is 0.475 e. The van der Waals surface area contributed by atoms with E-state index in [-0.39, 0.29) is 31.7 Å². The quantitative estimate of drug-likeness (QED) is 0.0284. The zero-order valence-electron chi connectivity index (χ0n) is 36.4. The van der Waals surface area contributed by atoms with Crippen LogP contribution in [0.4, 0.5) is 0 Å². The molecule has 0 bridgehead atoms. The number of esters is 1. The van der Waals surface area contributed by atoms with E-state index in [1.54, 1.807) is 0 Å². The van der Waals surface area contributed by atoms with Crippen molar-refractivity contribution in [3.8, 4) is 0 Å². The first-order valence-electron chi connectivity index (χ1n) is 23.2. The lowest BCUT2D eigenvalue weighted by Gasteiger charge is -2.27. The Morgan fingerprint density at radius 3 is 1.51 bits per heavy atom. The van der Waals surface area contributed by atoms with E-state index >= 15 is 0 Å². The Morgan fingerprint density at radius 2 is 1.04 bits per heavy atom. The van der Waals surface area contributed by atoms with Gasteiger partial charge in [-0.05, 0) is 38.2 Å². The molecule has 9 heteroatoms. The van der Waals surface area contributed by atoms with Crippen molar-refractivity contribution in [3.63, 3.8) is 0 Å². The molecule has 0 aromatic rings. The van der Waals surface area contributed by atoms with Crippen LogP contribution in [0.1, 0.15) is 227 Å². The van der Waals surface area contributed by atoms with Gasteiger partial charge in [0.25, 0.3) is 0 Å². The number of carbonyl (C=O) groups is 2. The molecular formula is C46H88NO7P. The van der Waals surface area contributed by atoms with Crippen LogP contribution < -0.4 is 5.32 Å². The zero-order chi connectivity index (χ0) is 40.5. The number of nitrogens with one attached hydrogen (secondary N) is 1. The summed E-state index contributed by atoms with van der Waals surface area (Å²) in [6.07, 6.45) is 39.0. The third-order valence-corrected chi connectivity index (χ3v) is 11.4. The highest BCUT2D eigenvalue weighted by atomic mass is 31.2. The van der Waals surface area contributed by atoms with Gasteiger partial charge in [0.05, 0.1) is 25.9 Å². The van der Waals surface area contributed by atoms with Gasteiger partial charge >= 0.3 is 13.8 Å². The maximum Gasteiger partial charge on any atom is 0.475 e. The lowest BCUT2D eigenvalue weighted by atomic mass is 10.0. The summed E-state index contributed by atoms with van der Waals surface area (Å²) in [4.78, 5) is 26.6. The number of phosphoric ester groups is 1. The standard InChI is InChI=1S/C46H88NO7P/c1-6-11-14-17-20-23-24-27-29-32-35-38-45(48)47-43(42-53-55(50,51-40-9-4)52-41-10-5)44(37-34-31-28-25-21-18-15-12-7-2)54-46(49)39-36-33-30-26-22-19-16-13-8-3/h9,34,37,43-44H,4,6-8,10-33,35-36,38-42H2,1-3,5H3,(H,47,48)/b37-34+/t43-,44+,55?/m0/s1. The van der Waals surface area contributed by atoms with Crippen LogP contribution in [0.25, 0.3) is 0 Å². The molecule has 0 aliphatic heterocycles. The highest BCUT2D eigenvalue weighted by Gasteiger charge is 2.32. The maximum absolute atomic E-state index is 13.5. The molecule has 1 amide bonds. The van der Waals surface area contributed by atoms with Crippen LogP contribution in [0.3, 0.4) is 0 Å². The van der Waals surface area contributed by atoms with E-state index in [2.05, 4.69) is 32.7 Å². The van der Waals surface area contributed by atoms with Gasteiger partial charge in [-0.25, -0.2) is 4.57 Å². The van der Waals surface area contributed by atoms with Gasteiger partial charge in [-0.15, -0.1) is 6.58 Å². The number of phosphoric acid groups is 1. The van der Waals surface area contributed by atoms with Crippen LogP contribution in [0.15, 0.2) is 24.8 Å². The van der Waals surface area contributed by atoms with Gasteiger partial charge in [0, 0.05) is 12.8 Å². The molecule has 324 valence electrons. The van der Waals surface area contributed by atoms with Crippen molar-refractivity contribution in [2.24, 2.45) is 0 Å². The molecule has 0 radical (unpaired) electrons. The van der Waals surface area contributed by atoms with Crippen molar-refractivity contribution in [1.29, 1.82) is 0 Å². The van der Waals surface area contributed by atoms with E-state index in [9.17, 15) is 14.2 Å². The second-order valence-electron chi connectivity index (χ2n) is 15.5. The molecule has 0 saturated carbocycles. The van der Waals surface area contributed by atoms with E-state index in [1.807, 2.05) is 19.1 Å². The molecule has 0 heterocycles. The number of rotatable bonds is 43. The molecule has 0 fully saturated rings. The van der Waals surface area contributed by atoms with E-state index in [4.69, 9.17) is 18.3 Å². The van der Waals surface area contributed by atoms with Crippen molar-refractivity contribution in [1.82, 2.24) is 5.32 Å². The summed E-state index contributed by atoms with van der Waals surface area (Å²) < 4.78 is 36.5. The average molecular weight is 798 g/mol. The minimum Gasteiger partial charge on any atom is -0.456 e. The van der Waals surface area contributed by atoms with Crippen molar-refractivity contribution in [2.75, 3.05) is 19.8 Å². The second kappa shape index (κ2) is 40.7. The molecule has 0 aromatic heterocycles. The number of hydrogen-bond donors (Lipinski definition) is 1. The predicted molar refractivity (Wildman–Crippen MR) is 232 cm³/mol. The average Bonchev–Trinajstić information content (AvgIpc) is 3.18. The number of allylic oxidation sites excluding steroid dienone is 1. The maximum atomic E-state index is 13.5. The molecule has 1 unspecified atom stereocenters. The molecule has 0 aromatic carbocycles. The van der Waals surface area contributed by atoms with Crippen molar-refractivity contribution in [2.45, 2.75) is 239 Å². The summed E-state index contributed by atoms with van der Waals surface area (Å²) in [7, 11) is -3.95. The SMILES string of the molecule is C=CCOP(=O)(OCCC)OC[C@H](NC(=O)CCCCCCCCCCCCC)[C@@H](/C=C/CCCCCCCCC)OC(=O)CCCCCCCCCCC. The predicted octanol–water partition coefficient (Wildman–Crippen LogP) is 14.5. The molecule has 1 N–H and O–H groups in total. The van der Waals surface area contributed by atoms with Gasteiger partial charge in [-0.1, -0.05) is 194 Å². The number of hydrogen-bond acceptors (Lipinski definition) is 7. The Morgan fingerprint density at radius 1 is 0.582 bits per heavy atom. The Bertz CT molecular complexity index is 959. The minimum absolute atomic E-state index is 0.00756. The fourth-order valence-corrected chi connectivity index (χ4v) is 7.83.